The molecule has 2 amide bonds. The van der Waals surface area contributed by atoms with Gasteiger partial charge in [-0.2, -0.15) is 0 Å². The predicted octanol–water partition coefficient (Wildman–Crippen LogP) is 4.28. The van der Waals surface area contributed by atoms with E-state index in [1.54, 1.807) is 19.1 Å². The number of rotatable bonds is 11. The number of nitrogens with one attached hydrogen (secondary N) is 1. The number of anilines is 1. The fraction of sp³-hybridized carbons (Fsp3) is 0.440. The molecule has 2 rings (SSSR count). The highest BCUT2D eigenvalue weighted by atomic mass is 79.9. The van der Waals surface area contributed by atoms with Crippen LogP contribution < -0.4 is 9.62 Å². The smallest absolute Gasteiger partial charge is 0.244 e. The van der Waals surface area contributed by atoms with Crippen molar-refractivity contribution >= 4 is 43.5 Å². The molecule has 186 valence electrons. The number of hydrogen-bond acceptors (Lipinski definition) is 4. The maximum atomic E-state index is 13.6. The van der Waals surface area contributed by atoms with Crippen molar-refractivity contribution in [2.75, 3.05) is 23.7 Å². The molecular formula is C25H34BrN3O4S. The Hall–Kier alpha value is -2.39. The summed E-state index contributed by atoms with van der Waals surface area (Å²) in [5, 5.41) is 2.83. The van der Waals surface area contributed by atoms with Crippen LogP contribution in [0.15, 0.2) is 53.0 Å². The summed E-state index contributed by atoms with van der Waals surface area (Å²) >= 11 is 3.44. The molecule has 1 N–H and O–H groups in total. The topological polar surface area (TPSA) is 86.8 Å². The number of para-hydroxylation sites is 1. The van der Waals surface area contributed by atoms with E-state index < -0.39 is 28.5 Å². The summed E-state index contributed by atoms with van der Waals surface area (Å²) in [5.74, 6) is -0.672. The van der Waals surface area contributed by atoms with E-state index in [-0.39, 0.29) is 18.4 Å². The first-order chi connectivity index (χ1) is 16.0. The van der Waals surface area contributed by atoms with Gasteiger partial charge in [-0.05, 0) is 48.6 Å². The predicted molar refractivity (Wildman–Crippen MR) is 140 cm³/mol. The van der Waals surface area contributed by atoms with Gasteiger partial charge in [0.25, 0.3) is 0 Å². The lowest BCUT2D eigenvalue weighted by Gasteiger charge is -2.32. The number of carbonyl (C=O) groups excluding carboxylic acids is 2. The number of nitrogens with zero attached hydrogens (tertiary/aromatic N) is 2. The molecule has 0 aliphatic rings. The van der Waals surface area contributed by atoms with Gasteiger partial charge in [0.05, 0.1) is 11.9 Å². The average molecular weight is 553 g/mol. The van der Waals surface area contributed by atoms with Crippen LogP contribution >= 0.6 is 15.9 Å². The van der Waals surface area contributed by atoms with Gasteiger partial charge in [0.15, 0.2) is 0 Å². The first-order valence-electron chi connectivity index (χ1n) is 11.3. The number of halogens is 1. The van der Waals surface area contributed by atoms with E-state index >= 15 is 0 Å². The second kappa shape index (κ2) is 12.4. The zero-order chi connectivity index (χ0) is 25.5. The van der Waals surface area contributed by atoms with E-state index in [1.165, 1.54) is 4.90 Å². The van der Waals surface area contributed by atoms with Crippen molar-refractivity contribution in [3.63, 3.8) is 0 Å². The minimum Gasteiger partial charge on any atom is -0.354 e. The van der Waals surface area contributed by atoms with Crippen LogP contribution in [-0.4, -0.2) is 50.5 Å². The summed E-state index contributed by atoms with van der Waals surface area (Å²) in [6.45, 7) is 7.82. The number of carbonyl (C=O) groups is 2. The lowest BCUT2D eigenvalue weighted by Crippen LogP contribution is -2.51. The lowest BCUT2D eigenvalue weighted by atomic mass is 10.0. The molecule has 0 unspecified atom stereocenters. The lowest BCUT2D eigenvalue weighted by molar-refractivity contribution is -0.139. The Morgan fingerprint density at radius 1 is 1.06 bits per heavy atom. The molecule has 34 heavy (non-hydrogen) atoms. The Morgan fingerprint density at radius 3 is 2.32 bits per heavy atom. The second-order valence-corrected chi connectivity index (χ2v) is 11.4. The number of hydrogen-bond donors (Lipinski definition) is 1. The average Bonchev–Trinajstić information content (AvgIpc) is 2.78. The van der Waals surface area contributed by atoms with Crippen LogP contribution in [0.3, 0.4) is 0 Å². The maximum absolute atomic E-state index is 13.6. The van der Waals surface area contributed by atoms with E-state index in [0.717, 1.165) is 32.6 Å². The fourth-order valence-electron chi connectivity index (χ4n) is 3.61. The Balaban J connectivity index is 2.44. The van der Waals surface area contributed by atoms with Gasteiger partial charge in [-0.3, -0.25) is 13.9 Å². The molecule has 2 aromatic carbocycles. The highest BCUT2D eigenvalue weighted by Crippen LogP contribution is 2.29. The Morgan fingerprint density at radius 2 is 1.74 bits per heavy atom. The van der Waals surface area contributed by atoms with E-state index in [1.807, 2.05) is 57.2 Å². The van der Waals surface area contributed by atoms with Crippen LogP contribution in [-0.2, 0) is 26.2 Å². The Kier molecular flexibility index (Phi) is 10.1. The third-order valence-corrected chi connectivity index (χ3v) is 7.08. The third-order valence-electron chi connectivity index (χ3n) is 5.47. The zero-order valence-electron chi connectivity index (χ0n) is 20.4. The van der Waals surface area contributed by atoms with Gasteiger partial charge in [0, 0.05) is 17.6 Å². The summed E-state index contributed by atoms with van der Waals surface area (Å²) in [6.07, 6.45) is 1.86. The van der Waals surface area contributed by atoms with Gasteiger partial charge in [0.1, 0.15) is 12.6 Å². The molecule has 0 aromatic heterocycles. The first kappa shape index (κ1) is 27.9. The van der Waals surface area contributed by atoms with Gasteiger partial charge in [-0.1, -0.05) is 67.0 Å². The maximum Gasteiger partial charge on any atom is 0.244 e. The van der Waals surface area contributed by atoms with E-state index in [9.17, 15) is 18.0 Å². The molecule has 1 atom stereocenters. The molecule has 7 nitrogen and oxygen atoms in total. The fourth-order valence-corrected chi connectivity index (χ4v) is 4.92. The molecule has 2 aromatic rings. The highest BCUT2D eigenvalue weighted by Gasteiger charge is 2.31. The van der Waals surface area contributed by atoms with E-state index in [4.69, 9.17) is 0 Å². The SMILES string of the molecule is CCCNC(=O)[C@H](C)N(Cc1cccc(Br)c1)C(=O)CN(c1ccccc1C(C)C)S(C)(=O)=O. The molecule has 0 fully saturated rings. The van der Waals surface area contributed by atoms with Gasteiger partial charge in [-0.15, -0.1) is 0 Å². The molecule has 0 saturated heterocycles. The summed E-state index contributed by atoms with van der Waals surface area (Å²) in [6, 6.07) is 13.9. The van der Waals surface area contributed by atoms with Gasteiger partial charge < -0.3 is 10.2 Å². The molecule has 9 heteroatoms. The number of benzene rings is 2. The van der Waals surface area contributed by atoms with E-state index in [2.05, 4.69) is 21.2 Å². The third kappa shape index (κ3) is 7.56. The zero-order valence-corrected chi connectivity index (χ0v) is 22.8. The van der Waals surface area contributed by atoms with Crippen molar-refractivity contribution in [3.8, 4) is 0 Å². The van der Waals surface area contributed by atoms with Crippen molar-refractivity contribution < 1.29 is 18.0 Å². The first-order valence-corrected chi connectivity index (χ1v) is 14.0. The molecule has 0 aliphatic carbocycles. The Bertz CT molecular complexity index is 1100. The standard InChI is InChI=1S/C25H34BrN3O4S/c1-6-14-27-25(31)19(4)28(16-20-10-9-11-21(26)15-20)24(30)17-29(34(5,32)33)23-13-8-7-12-22(23)18(2)3/h7-13,15,18-19H,6,14,16-17H2,1-5H3,(H,27,31)/t19-/m0/s1. The van der Waals surface area contributed by atoms with Crippen LogP contribution in [0.2, 0.25) is 0 Å². The molecule has 0 aliphatic heterocycles. The normalized spacial score (nSPS) is 12.3. The minimum atomic E-state index is -3.76. The van der Waals surface area contributed by atoms with Crippen molar-refractivity contribution in [2.45, 2.75) is 52.6 Å². The van der Waals surface area contributed by atoms with Crippen LogP contribution in [0, 0.1) is 0 Å². The van der Waals surface area contributed by atoms with E-state index in [0.29, 0.717) is 12.2 Å². The molecule has 0 radical (unpaired) electrons. The van der Waals surface area contributed by atoms with Gasteiger partial charge in [-0.25, -0.2) is 8.42 Å². The quantitative estimate of drug-likeness (QED) is 0.451. The van der Waals surface area contributed by atoms with Crippen molar-refractivity contribution in [1.82, 2.24) is 10.2 Å². The van der Waals surface area contributed by atoms with Crippen LogP contribution in [0.5, 0.6) is 0 Å². The van der Waals surface area contributed by atoms with Gasteiger partial charge >= 0.3 is 0 Å². The van der Waals surface area contributed by atoms with Gasteiger partial charge in [0.2, 0.25) is 21.8 Å². The van der Waals surface area contributed by atoms with Crippen LogP contribution in [0.4, 0.5) is 5.69 Å². The second-order valence-electron chi connectivity index (χ2n) is 8.60. The van der Waals surface area contributed by atoms with Crippen LogP contribution in [0.1, 0.15) is 51.2 Å². The highest BCUT2D eigenvalue weighted by molar-refractivity contribution is 9.10. The Labute approximate surface area is 211 Å². The summed E-state index contributed by atoms with van der Waals surface area (Å²) in [5.41, 5.74) is 2.12. The number of amides is 2. The summed E-state index contributed by atoms with van der Waals surface area (Å²) in [4.78, 5) is 27.8. The number of sulfonamides is 1. The van der Waals surface area contributed by atoms with Crippen molar-refractivity contribution in [3.05, 3.63) is 64.1 Å². The molecule has 0 saturated carbocycles. The largest absolute Gasteiger partial charge is 0.354 e. The van der Waals surface area contributed by atoms with Crippen LogP contribution in [0.25, 0.3) is 0 Å². The summed E-state index contributed by atoms with van der Waals surface area (Å²) in [7, 11) is -3.76. The molecule has 0 heterocycles. The van der Waals surface area contributed by atoms with Crippen molar-refractivity contribution in [2.24, 2.45) is 0 Å². The van der Waals surface area contributed by atoms with Crippen molar-refractivity contribution in [1.29, 1.82) is 0 Å². The molecular weight excluding hydrogens is 518 g/mol. The molecule has 0 spiro atoms. The summed E-state index contributed by atoms with van der Waals surface area (Å²) < 4.78 is 27.6. The molecule has 0 bridgehead atoms. The monoisotopic (exact) mass is 551 g/mol. The minimum absolute atomic E-state index is 0.0621.